The van der Waals surface area contributed by atoms with Crippen LogP contribution in [0.25, 0.3) is 0 Å². The Labute approximate surface area is 93.5 Å². The lowest BCUT2D eigenvalue weighted by atomic mass is 10.5. The van der Waals surface area contributed by atoms with Crippen LogP contribution >= 0.6 is 0 Å². The Morgan fingerprint density at radius 1 is 1.19 bits per heavy atom. The Kier molecular flexibility index (Phi) is 3.25. The van der Waals surface area contributed by atoms with Crippen LogP contribution in [0.4, 0.5) is 0 Å². The molecule has 0 spiro atoms. The van der Waals surface area contributed by atoms with Gasteiger partial charge in [0.25, 0.3) is 0 Å². The third kappa shape index (κ3) is 2.25. The lowest BCUT2D eigenvalue weighted by molar-refractivity contribution is 0.560. The van der Waals surface area contributed by atoms with E-state index in [2.05, 4.69) is 32.4 Å². The standard InChI is InChI=1S/C9H15N7/c1-3-10-4-8-11-7-14-16(8)5-9-12-6-13-15(9)2/h6-7,10H,3-5H2,1-2H3. The van der Waals surface area contributed by atoms with Gasteiger partial charge in [-0.05, 0) is 6.54 Å². The first-order valence-corrected chi connectivity index (χ1v) is 5.21. The van der Waals surface area contributed by atoms with E-state index in [1.54, 1.807) is 11.0 Å². The van der Waals surface area contributed by atoms with Crippen LogP contribution < -0.4 is 5.32 Å². The Morgan fingerprint density at radius 2 is 1.94 bits per heavy atom. The predicted octanol–water partition coefficient (Wildman–Crippen LogP) is -0.436. The van der Waals surface area contributed by atoms with Crippen molar-refractivity contribution in [2.45, 2.75) is 20.0 Å². The molecule has 0 saturated heterocycles. The van der Waals surface area contributed by atoms with Crippen molar-refractivity contribution >= 4 is 0 Å². The molecule has 7 nitrogen and oxygen atoms in total. The van der Waals surface area contributed by atoms with Gasteiger partial charge in [0.05, 0.1) is 6.54 Å². The highest BCUT2D eigenvalue weighted by atomic mass is 15.4. The third-order valence-electron chi connectivity index (χ3n) is 2.33. The number of nitrogens with zero attached hydrogens (tertiary/aromatic N) is 6. The van der Waals surface area contributed by atoms with Crippen molar-refractivity contribution in [1.29, 1.82) is 0 Å². The van der Waals surface area contributed by atoms with Crippen LogP contribution in [-0.4, -0.2) is 36.1 Å². The maximum atomic E-state index is 4.20. The topological polar surface area (TPSA) is 73.5 Å². The zero-order valence-electron chi connectivity index (χ0n) is 9.46. The molecule has 0 atom stereocenters. The lowest BCUT2D eigenvalue weighted by Crippen LogP contribution is -2.18. The van der Waals surface area contributed by atoms with Crippen LogP contribution in [0.2, 0.25) is 0 Å². The van der Waals surface area contributed by atoms with E-state index < -0.39 is 0 Å². The van der Waals surface area contributed by atoms with E-state index in [9.17, 15) is 0 Å². The summed E-state index contributed by atoms with van der Waals surface area (Å²) in [6.45, 7) is 4.28. The van der Waals surface area contributed by atoms with Crippen molar-refractivity contribution in [1.82, 2.24) is 34.8 Å². The van der Waals surface area contributed by atoms with Crippen molar-refractivity contribution in [2.24, 2.45) is 7.05 Å². The van der Waals surface area contributed by atoms with Gasteiger partial charge in [0.15, 0.2) is 0 Å². The lowest BCUT2D eigenvalue weighted by Gasteiger charge is -2.05. The molecule has 0 aliphatic heterocycles. The van der Waals surface area contributed by atoms with E-state index in [0.29, 0.717) is 13.1 Å². The number of nitrogens with one attached hydrogen (secondary N) is 1. The normalized spacial score (nSPS) is 10.9. The molecule has 86 valence electrons. The van der Waals surface area contributed by atoms with E-state index in [0.717, 1.165) is 18.2 Å². The summed E-state index contributed by atoms with van der Waals surface area (Å²) in [5.41, 5.74) is 0. The van der Waals surface area contributed by atoms with Crippen LogP contribution in [0.15, 0.2) is 12.7 Å². The Bertz CT molecular complexity index is 444. The molecular formula is C9H15N7. The van der Waals surface area contributed by atoms with Crippen LogP contribution in [0.5, 0.6) is 0 Å². The van der Waals surface area contributed by atoms with Crippen molar-refractivity contribution in [3.63, 3.8) is 0 Å². The second-order valence-electron chi connectivity index (χ2n) is 3.41. The minimum atomic E-state index is 0.594. The molecule has 2 aromatic rings. The van der Waals surface area contributed by atoms with Gasteiger partial charge >= 0.3 is 0 Å². The van der Waals surface area contributed by atoms with E-state index >= 15 is 0 Å². The van der Waals surface area contributed by atoms with Crippen molar-refractivity contribution in [3.8, 4) is 0 Å². The van der Waals surface area contributed by atoms with Crippen molar-refractivity contribution in [3.05, 3.63) is 24.3 Å². The summed E-state index contributed by atoms with van der Waals surface area (Å²) in [6, 6.07) is 0. The molecule has 0 fully saturated rings. The monoisotopic (exact) mass is 221 g/mol. The minimum absolute atomic E-state index is 0.594. The number of aromatic nitrogens is 6. The first-order chi connectivity index (χ1) is 7.81. The molecule has 0 amide bonds. The second kappa shape index (κ2) is 4.84. The Morgan fingerprint density at radius 3 is 2.62 bits per heavy atom. The van der Waals surface area contributed by atoms with Crippen molar-refractivity contribution < 1.29 is 0 Å². The molecule has 0 saturated carbocycles. The molecule has 2 heterocycles. The zero-order valence-corrected chi connectivity index (χ0v) is 9.46. The van der Waals surface area contributed by atoms with E-state index in [1.807, 2.05) is 11.7 Å². The number of rotatable bonds is 5. The average molecular weight is 221 g/mol. The van der Waals surface area contributed by atoms with Gasteiger partial charge in [-0.15, -0.1) is 0 Å². The van der Waals surface area contributed by atoms with Gasteiger partial charge in [0.1, 0.15) is 30.8 Å². The molecule has 16 heavy (non-hydrogen) atoms. The van der Waals surface area contributed by atoms with Gasteiger partial charge in [-0.3, -0.25) is 4.68 Å². The maximum absolute atomic E-state index is 4.20. The first-order valence-electron chi connectivity index (χ1n) is 5.21. The highest BCUT2D eigenvalue weighted by Crippen LogP contribution is 1.99. The van der Waals surface area contributed by atoms with Gasteiger partial charge in [-0.25, -0.2) is 14.6 Å². The summed E-state index contributed by atoms with van der Waals surface area (Å²) in [4.78, 5) is 8.35. The largest absolute Gasteiger partial charge is 0.310 e. The summed E-state index contributed by atoms with van der Waals surface area (Å²) in [5.74, 6) is 1.77. The fraction of sp³-hybridized carbons (Fsp3) is 0.556. The molecule has 2 rings (SSSR count). The fourth-order valence-corrected chi connectivity index (χ4v) is 1.39. The first kappa shape index (κ1) is 10.7. The summed E-state index contributed by atoms with van der Waals surface area (Å²) >= 11 is 0. The molecule has 0 aliphatic rings. The highest BCUT2D eigenvalue weighted by molar-refractivity contribution is 4.90. The summed E-state index contributed by atoms with van der Waals surface area (Å²) in [7, 11) is 1.86. The summed E-state index contributed by atoms with van der Waals surface area (Å²) < 4.78 is 3.56. The van der Waals surface area contributed by atoms with E-state index in [-0.39, 0.29) is 0 Å². The molecule has 0 aliphatic carbocycles. The predicted molar refractivity (Wildman–Crippen MR) is 57.5 cm³/mol. The van der Waals surface area contributed by atoms with Gasteiger partial charge in [-0.2, -0.15) is 10.2 Å². The average Bonchev–Trinajstić information content (AvgIpc) is 2.87. The quantitative estimate of drug-likeness (QED) is 0.741. The molecule has 0 aromatic carbocycles. The highest BCUT2D eigenvalue weighted by Gasteiger charge is 2.07. The SMILES string of the molecule is CCNCc1ncnn1Cc1ncnn1C. The smallest absolute Gasteiger partial charge is 0.148 e. The van der Waals surface area contributed by atoms with Gasteiger partial charge in [-0.1, -0.05) is 6.92 Å². The molecule has 2 aromatic heterocycles. The van der Waals surface area contributed by atoms with Gasteiger partial charge < -0.3 is 5.32 Å². The van der Waals surface area contributed by atoms with Gasteiger partial charge in [0.2, 0.25) is 0 Å². The van der Waals surface area contributed by atoms with E-state index in [1.165, 1.54) is 6.33 Å². The van der Waals surface area contributed by atoms with Crippen LogP contribution in [0.3, 0.4) is 0 Å². The molecular weight excluding hydrogens is 206 g/mol. The number of hydrogen-bond donors (Lipinski definition) is 1. The van der Waals surface area contributed by atoms with E-state index in [4.69, 9.17) is 0 Å². The van der Waals surface area contributed by atoms with Crippen molar-refractivity contribution in [2.75, 3.05) is 6.54 Å². The van der Waals surface area contributed by atoms with Gasteiger partial charge in [0, 0.05) is 7.05 Å². The van der Waals surface area contributed by atoms with Crippen LogP contribution in [0.1, 0.15) is 18.6 Å². The molecule has 1 N–H and O–H groups in total. The molecule has 0 bridgehead atoms. The number of aryl methyl sites for hydroxylation is 1. The molecule has 0 radical (unpaired) electrons. The molecule has 0 unspecified atom stereocenters. The van der Waals surface area contributed by atoms with Crippen LogP contribution in [0, 0.1) is 0 Å². The van der Waals surface area contributed by atoms with Crippen LogP contribution in [-0.2, 0) is 20.1 Å². The molecule has 7 heteroatoms. The Hall–Kier alpha value is -1.76. The maximum Gasteiger partial charge on any atom is 0.148 e. The summed E-state index contributed by atoms with van der Waals surface area (Å²) in [6.07, 6.45) is 3.10. The third-order valence-corrected chi connectivity index (χ3v) is 2.33. The fourth-order valence-electron chi connectivity index (χ4n) is 1.39. The number of hydrogen-bond acceptors (Lipinski definition) is 5. The zero-order chi connectivity index (χ0) is 11.4. The Balaban J connectivity index is 2.09. The minimum Gasteiger partial charge on any atom is -0.310 e. The summed E-state index contributed by atoms with van der Waals surface area (Å²) in [5, 5.41) is 11.4. The second-order valence-corrected chi connectivity index (χ2v) is 3.41.